The molecule has 2 aliphatic heterocycles. The quantitative estimate of drug-likeness (QED) is 0.600. The van der Waals surface area contributed by atoms with E-state index >= 15 is 0 Å². The lowest BCUT2D eigenvalue weighted by molar-refractivity contribution is 0.0948. The van der Waals surface area contributed by atoms with Gasteiger partial charge >= 0.3 is 0 Å². The third kappa shape index (κ3) is 4.56. The predicted molar refractivity (Wildman–Crippen MR) is 115 cm³/mol. The Balaban J connectivity index is 1.65. The van der Waals surface area contributed by atoms with Crippen molar-refractivity contribution in [1.29, 1.82) is 0 Å². The molecule has 7 nitrogen and oxygen atoms in total. The van der Waals surface area contributed by atoms with E-state index in [0.29, 0.717) is 17.8 Å². The van der Waals surface area contributed by atoms with Crippen LogP contribution in [0.5, 0.6) is 0 Å². The van der Waals surface area contributed by atoms with E-state index in [1.165, 1.54) is 4.68 Å². The van der Waals surface area contributed by atoms with Crippen molar-refractivity contribution in [2.75, 3.05) is 11.9 Å². The van der Waals surface area contributed by atoms with E-state index in [9.17, 15) is 9.59 Å². The summed E-state index contributed by atoms with van der Waals surface area (Å²) in [4.78, 5) is 30.0. The molecular formula is C23H25N5O2. The van der Waals surface area contributed by atoms with E-state index in [-0.39, 0.29) is 17.5 Å². The van der Waals surface area contributed by atoms with Gasteiger partial charge in [-0.2, -0.15) is 5.10 Å². The van der Waals surface area contributed by atoms with Gasteiger partial charge in [0.2, 0.25) is 0 Å². The first-order chi connectivity index (χ1) is 14.6. The number of rotatable bonds is 0. The largest absolute Gasteiger partial charge is 0.351 e. The Bertz CT molecular complexity index is 1060. The maximum atomic E-state index is 12.9. The van der Waals surface area contributed by atoms with Crippen LogP contribution >= 0.6 is 0 Å². The SMILES string of the molecule is Cn1cc2c(n1)C(=O)NCCCCCCc1ccc(cn1)-c1cccc(c1)C(=O)N2. The van der Waals surface area contributed by atoms with Crippen LogP contribution in [-0.2, 0) is 13.5 Å². The lowest BCUT2D eigenvalue weighted by atomic mass is 10.0. The summed E-state index contributed by atoms with van der Waals surface area (Å²) in [5.41, 5.74) is 4.08. The van der Waals surface area contributed by atoms with Crippen molar-refractivity contribution in [3.63, 3.8) is 0 Å². The van der Waals surface area contributed by atoms with Gasteiger partial charge in [0.15, 0.2) is 5.69 Å². The van der Waals surface area contributed by atoms with Crippen LogP contribution in [0.3, 0.4) is 0 Å². The molecule has 0 fully saturated rings. The fraction of sp³-hybridized carbons (Fsp3) is 0.304. The van der Waals surface area contributed by atoms with Crippen LogP contribution in [0.4, 0.5) is 5.69 Å². The van der Waals surface area contributed by atoms with E-state index in [2.05, 4.69) is 32.8 Å². The van der Waals surface area contributed by atoms with Crippen molar-refractivity contribution in [1.82, 2.24) is 20.1 Å². The summed E-state index contributed by atoms with van der Waals surface area (Å²) in [6.07, 6.45) is 8.54. The first-order valence-electron chi connectivity index (χ1n) is 10.3. The van der Waals surface area contributed by atoms with E-state index in [0.717, 1.165) is 48.9 Å². The number of hydrogen-bond acceptors (Lipinski definition) is 4. The number of nitrogens with one attached hydrogen (secondary N) is 2. The van der Waals surface area contributed by atoms with Crippen LogP contribution in [0.15, 0.2) is 48.8 Å². The van der Waals surface area contributed by atoms with Gasteiger partial charge in [-0.3, -0.25) is 19.3 Å². The molecule has 2 aromatic heterocycles. The number of aryl methyl sites for hydroxylation is 2. The molecule has 0 spiro atoms. The summed E-state index contributed by atoms with van der Waals surface area (Å²) in [6.45, 7) is 0.581. The summed E-state index contributed by atoms with van der Waals surface area (Å²) < 4.78 is 1.53. The Labute approximate surface area is 175 Å². The number of carbonyl (C=O) groups excluding carboxylic acids is 2. The van der Waals surface area contributed by atoms with E-state index in [1.807, 2.05) is 24.4 Å². The molecular weight excluding hydrogens is 378 g/mol. The molecule has 0 unspecified atom stereocenters. The van der Waals surface area contributed by atoms with Crippen LogP contribution in [-0.4, -0.2) is 33.1 Å². The molecule has 0 saturated carbocycles. The molecule has 5 rings (SSSR count). The molecule has 1 aromatic carbocycles. The van der Waals surface area contributed by atoms with Gasteiger partial charge in [-0.15, -0.1) is 0 Å². The Kier molecular flexibility index (Phi) is 5.88. The maximum Gasteiger partial charge on any atom is 0.273 e. The molecule has 0 saturated heterocycles. The monoisotopic (exact) mass is 403 g/mol. The van der Waals surface area contributed by atoms with Crippen LogP contribution in [0, 0.1) is 0 Å². The van der Waals surface area contributed by atoms with Gasteiger partial charge in [-0.25, -0.2) is 0 Å². The smallest absolute Gasteiger partial charge is 0.273 e. The molecule has 0 aliphatic carbocycles. The van der Waals surface area contributed by atoms with Crippen molar-refractivity contribution < 1.29 is 9.59 Å². The second kappa shape index (κ2) is 8.90. The summed E-state index contributed by atoms with van der Waals surface area (Å²) in [5, 5.41) is 9.96. The summed E-state index contributed by atoms with van der Waals surface area (Å²) >= 11 is 0. The molecule has 2 amide bonds. The molecule has 0 atom stereocenters. The maximum absolute atomic E-state index is 12.9. The molecule has 4 heterocycles. The molecule has 3 aromatic rings. The lowest BCUT2D eigenvalue weighted by Crippen LogP contribution is -2.26. The topological polar surface area (TPSA) is 88.9 Å². The number of amides is 2. The van der Waals surface area contributed by atoms with Crippen molar-refractivity contribution in [2.45, 2.75) is 32.1 Å². The summed E-state index contributed by atoms with van der Waals surface area (Å²) in [7, 11) is 1.72. The number of nitrogens with zero attached hydrogens (tertiary/aromatic N) is 3. The van der Waals surface area contributed by atoms with Gasteiger partial charge in [0.25, 0.3) is 11.8 Å². The van der Waals surface area contributed by atoms with Crippen molar-refractivity contribution in [2.24, 2.45) is 7.05 Å². The number of carbonyl (C=O) groups is 2. The Morgan fingerprint density at radius 3 is 2.60 bits per heavy atom. The van der Waals surface area contributed by atoms with Gasteiger partial charge < -0.3 is 10.6 Å². The fourth-order valence-electron chi connectivity index (χ4n) is 3.60. The molecule has 2 aliphatic rings. The first kappa shape index (κ1) is 19.8. The highest BCUT2D eigenvalue weighted by atomic mass is 16.2. The highest BCUT2D eigenvalue weighted by molar-refractivity contribution is 6.08. The number of fused-ring (bicyclic) bond motifs is 10. The van der Waals surface area contributed by atoms with Gasteiger partial charge in [-0.05, 0) is 43.0 Å². The van der Waals surface area contributed by atoms with E-state index in [1.54, 1.807) is 19.3 Å². The van der Waals surface area contributed by atoms with Crippen molar-refractivity contribution in [3.05, 3.63) is 65.7 Å². The van der Waals surface area contributed by atoms with E-state index < -0.39 is 0 Å². The number of anilines is 1. The second-order valence-corrected chi connectivity index (χ2v) is 7.56. The molecule has 4 bridgehead atoms. The number of aromatic nitrogens is 3. The Morgan fingerprint density at radius 2 is 1.77 bits per heavy atom. The van der Waals surface area contributed by atoms with Gasteiger partial charge in [0.05, 0.1) is 5.69 Å². The highest BCUT2D eigenvalue weighted by Crippen LogP contribution is 2.22. The fourth-order valence-corrected chi connectivity index (χ4v) is 3.60. The molecule has 30 heavy (non-hydrogen) atoms. The second-order valence-electron chi connectivity index (χ2n) is 7.56. The average molecular weight is 403 g/mol. The van der Waals surface area contributed by atoms with Crippen LogP contribution < -0.4 is 10.6 Å². The zero-order valence-electron chi connectivity index (χ0n) is 17.0. The summed E-state index contributed by atoms with van der Waals surface area (Å²) in [5.74, 6) is -0.569. The highest BCUT2D eigenvalue weighted by Gasteiger charge is 2.18. The van der Waals surface area contributed by atoms with Crippen molar-refractivity contribution >= 4 is 17.5 Å². The zero-order chi connectivity index (χ0) is 20.9. The van der Waals surface area contributed by atoms with Gasteiger partial charge in [0.1, 0.15) is 0 Å². The molecule has 154 valence electrons. The Morgan fingerprint density at radius 1 is 0.933 bits per heavy atom. The van der Waals surface area contributed by atoms with Gasteiger partial charge in [-0.1, -0.05) is 31.0 Å². The zero-order valence-corrected chi connectivity index (χ0v) is 17.0. The number of pyridine rings is 1. The third-order valence-electron chi connectivity index (χ3n) is 5.22. The van der Waals surface area contributed by atoms with Crippen LogP contribution in [0.1, 0.15) is 52.2 Å². The number of hydrogen-bond donors (Lipinski definition) is 2. The van der Waals surface area contributed by atoms with Crippen LogP contribution in [0.25, 0.3) is 11.1 Å². The van der Waals surface area contributed by atoms with Gasteiger partial charge in [0, 0.05) is 42.8 Å². The van der Waals surface area contributed by atoms with Crippen LogP contribution in [0.2, 0.25) is 0 Å². The normalized spacial score (nSPS) is 15.4. The molecule has 0 radical (unpaired) electrons. The molecule has 7 heteroatoms. The standard InChI is InChI=1S/C23H25N5O2/c1-28-15-20-21(27-28)23(30)24-12-5-3-2-4-9-19-11-10-18(14-25-19)16-7-6-8-17(13-16)22(29)26-20/h6-8,10-11,13-15H,2-5,9,12H2,1H3,(H,24,30)(H,26,29). The lowest BCUT2D eigenvalue weighted by Gasteiger charge is -2.08. The third-order valence-corrected chi connectivity index (χ3v) is 5.22. The predicted octanol–water partition coefficient (Wildman–Crippen LogP) is 3.58. The van der Waals surface area contributed by atoms with Crippen molar-refractivity contribution in [3.8, 4) is 11.1 Å². The molecule has 2 N–H and O–H groups in total. The minimum atomic E-state index is -0.290. The minimum absolute atomic E-state index is 0.222. The minimum Gasteiger partial charge on any atom is -0.351 e. The first-order valence-corrected chi connectivity index (χ1v) is 10.3. The number of benzene rings is 1. The Hall–Kier alpha value is -3.48. The summed E-state index contributed by atoms with van der Waals surface area (Å²) in [6, 6.07) is 11.5. The van der Waals surface area contributed by atoms with E-state index in [4.69, 9.17) is 0 Å². The average Bonchev–Trinajstić information content (AvgIpc) is 3.13.